The van der Waals surface area contributed by atoms with E-state index in [1.54, 1.807) is 6.92 Å². The van der Waals surface area contributed by atoms with Gasteiger partial charge in [0.1, 0.15) is 18.8 Å². The van der Waals surface area contributed by atoms with E-state index < -0.39 is 68.9 Å². The number of esters is 3. The zero-order chi connectivity index (χ0) is 26.6. The van der Waals surface area contributed by atoms with Crippen LogP contribution < -0.4 is 5.32 Å². The molecule has 14 heteroatoms. The minimum Gasteiger partial charge on any atom is -0.463 e. The van der Waals surface area contributed by atoms with Crippen LogP contribution in [0.25, 0.3) is 0 Å². The first-order valence-corrected chi connectivity index (χ1v) is 12.1. The number of nitrogens with one attached hydrogen (secondary N) is 1. The minimum absolute atomic E-state index is 0.0166. The van der Waals surface area contributed by atoms with Gasteiger partial charge in [0, 0.05) is 27.2 Å². The van der Waals surface area contributed by atoms with Crippen molar-refractivity contribution in [3.05, 3.63) is 25.3 Å². The molecule has 13 nitrogen and oxygen atoms in total. The number of phosphoric acid groups is 1. The van der Waals surface area contributed by atoms with E-state index in [1.807, 2.05) is 0 Å². The highest BCUT2D eigenvalue weighted by atomic mass is 31.2. The Labute approximate surface area is 203 Å². The summed E-state index contributed by atoms with van der Waals surface area (Å²) in [7, 11) is -4.36. The lowest BCUT2D eigenvalue weighted by Crippen LogP contribution is -2.66. The topological polar surface area (TPSA) is 162 Å². The first kappa shape index (κ1) is 30.5. The zero-order valence-corrected chi connectivity index (χ0v) is 21.0. The van der Waals surface area contributed by atoms with E-state index >= 15 is 0 Å². The van der Waals surface area contributed by atoms with Crippen molar-refractivity contribution in [2.45, 2.75) is 64.8 Å². The fourth-order valence-electron chi connectivity index (χ4n) is 2.95. The molecular formula is C21H32NO12P. The Bertz CT molecular complexity index is 815. The molecule has 5 atom stereocenters. The van der Waals surface area contributed by atoms with Gasteiger partial charge in [-0.05, 0) is 0 Å². The van der Waals surface area contributed by atoms with Crippen molar-refractivity contribution in [1.82, 2.24) is 5.32 Å². The van der Waals surface area contributed by atoms with Crippen LogP contribution in [0.1, 0.15) is 34.1 Å². The summed E-state index contributed by atoms with van der Waals surface area (Å²) in [5, 5.41) is 2.56. The Balaban J connectivity index is 3.50. The van der Waals surface area contributed by atoms with Gasteiger partial charge in [0.05, 0.1) is 13.2 Å². The molecule has 0 saturated carbocycles. The molecule has 1 saturated heterocycles. The molecule has 0 aliphatic carbocycles. The molecular weight excluding hydrogens is 489 g/mol. The van der Waals surface area contributed by atoms with Crippen LogP contribution in [-0.4, -0.2) is 74.3 Å². The standard InChI is InChI=1S/C21H32NO12P/c1-7-10-29-35(27,30-11-8-2)34-21-18(22-17(26)9-3)20(32-15(6)25)19(31-14(5)24)16(33-21)12-28-13(4)23/h7-8,16,18-21H,1-2,9-12H2,3-6H3,(H,22,26)/t16?,18?,19-,20?,21+/m0/s1. The molecule has 0 aromatic heterocycles. The lowest BCUT2D eigenvalue weighted by atomic mass is 9.96. The van der Waals surface area contributed by atoms with E-state index in [0.29, 0.717) is 0 Å². The third-order valence-corrected chi connectivity index (χ3v) is 5.68. The van der Waals surface area contributed by atoms with Gasteiger partial charge in [-0.1, -0.05) is 19.1 Å². The van der Waals surface area contributed by atoms with Gasteiger partial charge in [-0.15, -0.1) is 13.2 Å². The quantitative estimate of drug-likeness (QED) is 0.152. The normalized spacial score (nSPS) is 24.1. The van der Waals surface area contributed by atoms with Crippen molar-refractivity contribution in [3.63, 3.8) is 0 Å². The first-order chi connectivity index (χ1) is 16.5. The summed E-state index contributed by atoms with van der Waals surface area (Å²) in [6.07, 6.45) is -2.98. The Morgan fingerprint density at radius 2 is 1.49 bits per heavy atom. The van der Waals surface area contributed by atoms with Crippen LogP contribution in [0.3, 0.4) is 0 Å². The summed E-state index contributed by atoms with van der Waals surface area (Å²) in [5.74, 6) is -2.74. The molecule has 1 fully saturated rings. The van der Waals surface area contributed by atoms with E-state index in [1.165, 1.54) is 12.2 Å². The smallest absolute Gasteiger partial charge is 0.463 e. The minimum atomic E-state index is -4.36. The van der Waals surface area contributed by atoms with Gasteiger partial charge >= 0.3 is 25.7 Å². The lowest BCUT2D eigenvalue weighted by Gasteiger charge is -2.45. The Hall–Kier alpha value is -2.57. The lowest BCUT2D eigenvalue weighted by molar-refractivity contribution is -0.260. The zero-order valence-electron chi connectivity index (χ0n) is 20.1. The number of ether oxygens (including phenoxy) is 4. The second kappa shape index (κ2) is 14.7. The van der Waals surface area contributed by atoms with Crippen LogP contribution in [0.2, 0.25) is 0 Å². The highest BCUT2D eigenvalue weighted by Crippen LogP contribution is 2.52. The number of carbonyl (C=O) groups excluding carboxylic acids is 4. The van der Waals surface area contributed by atoms with E-state index in [2.05, 4.69) is 18.5 Å². The molecule has 1 aliphatic rings. The molecule has 198 valence electrons. The predicted octanol–water partition coefficient (Wildman–Crippen LogP) is 1.56. The average Bonchev–Trinajstić information content (AvgIpc) is 2.78. The summed E-state index contributed by atoms with van der Waals surface area (Å²) in [4.78, 5) is 47.4. The largest absolute Gasteiger partial charge is 0.477 e. The van der Waals surface area contributed by atoms with Crippen LogP contribution in [0.4, 0.5) is 0 Å². The molecule has 1 amide bonds. The highest BCUT2D eigenvalue weighted by molar-refractivity contribution is 7.48. The van der Waals surface area contributed by atoms with Crippen LogP contribution in [0.5, 0.6) is 0 Å². The summed E-state index contributed by atoms with van der Waals surface area (Å²) in [6.45, 7) is 10.9. The third-order valence-electron chi connectivity index (χ3n) is 4.28. The molecule has 0 aromatic rings. The summed E-state index contributed by atoms with van der Waals surface area (Å²) >= 11 is 0. The van der Waals surface area contributed by atoms with Crippen molar-refractivity contribution in [2.24, 2.45) is 0 Å². The first-order valence-electron chi connectivity index (χ1n) is 10.7. The average molecular weight is 521 g/mol. The van der Waals surface area contributed by atoms with E-state index in [9.17, 15) is 23.7 Å². The van der Waals surface area contributed by atoms with Crippen LogP contribution in [-0.2, 0) is 56.3 Å². The number of hydrogen-bond acceptors (Lipinski definition) is 12. The van der Waals surface area contributed by atoms with Crippen LogP contribution >= 0.6 is 7.82 Å². The second-order valence-electron chi connectivity index (χ2n) is 7.16. The maximum atomic E-state index is 13.2. The monoisotopic (exact) mass is 521 g/mol. The second-order valence-corrected chi connectivity index (χ2v) is 8.78. The van der Waals surface area contributed by atoms with Crippen molar-refractivity contribution in [2.75, 3.05) is 19.8 Å². The molecule has 1 heterocycles. The van der Waals surface area contributed by atoms with Gasteiger partial charge in [0.15, 0.2) is 18.5 Å². The molecule has 0 aromatic carbocycles. The highest BCUT2D eigenvalue weighted by Gasteiger charge is 2.53. The van der Waals surface area contributed by atoms with Gasteiger partial charge in [0.25, 0.3) is 0 Å². The van der Waals surface area contributed by atoms with E-state index in [4.69, 9.17) is 32.5 Å². The Kier molecular flexibility index (Phi) is 12.8. The third kappa shape index (κ3) is 10.3. The molecule has 1 N–H and O–H groups in total. The molecule has 3 unspecified atom stereocenters. The number of carbonyl (C=O) groups is 4. The fourth-order valence-corrected chi connectivity index (χ4v) is 4.15. The van der Waals surface area contributed by atoms with Gasteiger partial charge < -0.3 is 24.3 Å². The van der Waals surface area contributed by atoms with Crippen LogP contribution in [0, 0.1) is 0 Å². The number of amides is 1. The van der Waals surface area contributed by atoms with Gasteiger partial charge in [-0.2, -0.15) is 0 Å². The molecule has 35 heavy (non-hydrogen) atoms. The van der Waals surface area contributed by atoms with Gasteiger partial charge in [-0.3, -0.25) is 32.7 Å². The van der Waals surface area contributed by atoms with Crippen LogP contribution in [0.15, 0.2) is 25.3 Å². The van der Waals surface area contributed by atoms with Crippen molar-refractivity contribution in [3.8, 4) is 0 Å². The summed E-state index contributed by atoms with van der Waals surface area (Å²) in [6, 6.07) is -1.34. The van der Waals surface area contributed by atoms with Crippen molar-refractivity contribution >= 4 is 31.6 Å². The molecule has 1 rings (SSSR count). The summed E-state index contributed by atoms with van der Waals surface area (Å²) < 4.78 is 50.6. The molecule has 0 spiro atoms. The molecule has 0 bridgehead atoms. The Morgan fingerprint density at radius 3 is 1.94 bits per heavy atom. The van der Waals surface area contributed by atoms with Crippen molar-refractivity contribution < 1.29 is 56.3 Å². The van der Waals surface area contributed by atoms with E-state index in [0.717, 1.165) is 20.8 Å². The number of rotatable bonds is 14. The maximum absolute atomic E-state index is 13.2. The predicted molar refractivity (Wildman–Crippen MR) is 120 cm³/mol. The number of hydrogen-bond donors (Lipinski definition) is 1. The SMILES string of the molecule is C=CCOP(=O)(OCC=C)O[C@H]1OC(COC(C)=O)[C@H](OC(C)=O)C(OC(C)=O)C1NC(=O)CC. The molecule has 0 radical (unpaired) electrons. The van der Waals surface area contributed by atoms with Gasteiger partial charge in [-0.25, -0.2) is 4.57 Å². The summed E-state index contributed by atoms with van der Waals surface area (Å²) in [5.41, 5.74) is 0. The van der Waals surface area contributed by atoms with E-state index in [-0.39, 0.29) is 19.6 Å². The maximum Gasteiger partial charge on any atom is 0.477 e. The van der Waals surface area contributed by atoms with Gasteiger partial charge in [0.2, 0.25) is 5.91 Å². The molecule has 1 aliphatic heterocycles. The van der Waals surface area contributed by atoms with Crippen molar-refractivity contribution in [1.29, 1.82) is 0 Å². The Morgan fingerprint density at radius 1 is 0.943 bits per heavy atom. The fraction of sp³-hybridized carbons (Fsp3) is 0.619. The number of phosphoric ester groups is 1.